The van der Waals surface area contributed by atoms with Gasteiger partial charge in [0.2, 0.25) is 0 Å². The lowest BCUT2D eigenvalue weighted by Gasteiger charge is -2.17. The average Bonchev–Trinajstić information content (AvgIpc) is 2.51. The van der Waals surface area contributed by atoms with Crippen LogP contribution in [0.15, 0.2) is 50.1 Å². The van der Waals surface area contributed by atoms with Crippen molar-refractivity contribution >= 4 is 85.5 Å². The molecule has 6 heteroatoms. The molecule has 0 bridgehead atoms. The average molecular weight is 553 g/mol. The lowest BCUT2D eigenvalue weighted by molar-refractivity contribution is 0.751. The van der Waals surface area contributed by atoms with E-state index in [1.807, 2.05) is 36.4 Å². The molecule has 0 aliphatic carbocycles. The zero-order valence-corrected chi connectivity index (χ0v) is 17.7. The summed E-state index contributed by atoms with van der Waals surface area (Å²) in [6.07, 6.45) is 0. The van der Waals surface area contributed by atoms with E-state index in [-0.39, 0.29) is 10.3 Å². The van der Waals surface area contributed by atoms with Gasteiger partial charge in [0.15, 0.2) is 5.43 Å². The fourth-order valence-corrected chi connectivity index (χ4v) is 3.79. The van der Waals surface area contributed by atoms with Crippen LogP contribution in [0.3, 0.4) is 0 Å². The maximum atomic E-state index is 12.8. The molecule has 0 saturated carbocycles. The molecular formula is C16H11Br4NO. The van der Waals surface area contributed by atoms with Crippen LogP contribution < -0.4 is 5.43 Å². The first-order chi connectivity index (χ1) is 10.5. The lowest BCUT2D eigenvalue weighted by Crippen LogP contribution is -2.17. The molecule has 0 aliphatic rings. The summed E-state index contributed by atoms with van der Waals surface area (Å²) in [6.45, 7) is 0.780. The van der Waals surface area contributed by atoms with Gasteiger partial charge in [-0.25, -0.2) is 0 Å². The molecule has 1 heterocycles. The van der Waals surface area contributed by atoms with Gasteiger partial charge in [0, 0.05) is 36.4 Å². The predicted octanol–water partition coefficient (Wildman–Crippen LogP) is 5.84. The highest BCUT2D eigenvalue weighted by atomic mass is 79.9. The van der Waals surface area contributed by atoms with E-state index in [1.165, 1.54) is 0 Å². The topological polar surface area (TPSA) is 22.0 Å². The highest BCUT2D eigenvalue weighted by Crippen LogP contribution is 2.25. The smallest absolute Gasteiger partial charge is 0.197 e. The summed E-state index contributed by atoms with van der Waals surface area (Å²) in [5, 5.41) is 2.30. The van der Waals surface area contributed by atoms with Crippen LogP contribution in [0.5, 0.6) is 0 Å². The second-order valence-corrected chi connectivity index (χ2v) is 8.79. The molecule has 1 aromatic heterocycles. The third-order valence-electron chi connectivity index (χ3n) is 3.54. The highest BCUT2D eigenvalue weighted by molar-refractivity contribution is 9.12. The van der Waals surface area contributed by atoms with Crippen molar-refractivity contribution in [2.24, 2.45) is 0 Å². The monoisotopic (exact) mass is 549 g/mol. The largest absolute Gasteiger partial charge is 0.339 e. The molecule has 2 aromatic carbocycles. The Labute approximate surface area is 161 Å². The molecule has 3 aromatic rings. The van der Waals surface area contributed by atoms with Crippen molar-refractivity contribution in [1.82, 2.24) is 4.57 Å². The molecule has 1 unspecified atom stereocenters. The summed E-state index contributed by atoms with van der Waals surface area (Å²) in [7, 11) is 0. The van der Waals surface area contributed by atoms with Gasteiger partial charge in [0.05, 0.1) is 11.0 Å². The Bertz CT molecular complexity index is 853. The lowest BCUT2D eigenvalue weighted by atomic mass is 10.1. The zero-order chi connectivity index (χ0) is 15.9. The molecule has 0 amide bonds. The Balaban J connectivity index is 2.46. The minimum atomic E-state index is 0.0637. The van der Waals surface area contributed by atoms with E-state index < -0.39 is 0 Å². The Hall–Kier alpha value is -0.170. The number of nitrogens with zero attached hydrogens (tertiary/aromatic N) is 1. The van der Waals surface area contributed by atoms with Gasteiger partial charge in [-0.1, -0.05) is 63.7 Å². The molecule has 0 fully saturated rings. The van der Waals surface area contributed by atoms with Gasteiger partial charge >= 0.3 is 0 Å². The number of fused-ring (bicyclic) bond motifs is 2. The molecule has 0 radical (unpaired) electrons. The minimum Gasteiger partial charge on any atom is -0.339 e. The summed E-state index contributed by atoms with van der Waals surface area (Å²) >= 11 is 14.1. The van der Waals surface area contributed by atoms with Gasteiger partial charge in [-0.3, -0.25) is 4.79 Å². The molecule has 0 saturated heterocycles. The van der Waals surface area contributed by atoms with Crippen molar-refractivity contribution in [3.63, 3.8) is 0 Å². The summed E-state index contributed by atoms with van der Waals surface area (Å²) in [5.41, 5.74) is 1.97. The van der Waals surface area contributed by atoms with Crippen molar-refractivity contribution < 1.29 is 0 Å². The molecule has 2 nitrogen and oxygen atoms in total. The van der Waals surface area contributed by atoms with Gasteiger partial charge in [-0.15, -0.1) is 0 Å². The highest BCUT2D eigenvalue weighted by Gasteiger charge is 2.14. The molecule has 0 aliphatic heterocycles. The normalized spacial score (nSPS) is 12.9. The van der Waals surface area contributed by atoms with Crippen LogP contribution in [-0.2, 0) is 6.54 Å². The van der Waals surface area contributed by atoms with E-state index >= 15 is 0 Å². The van der Waals surface area contributed by atoms with E-state index in [2.05, 4.69) is 68.3 Å². The first-order valence-electron chi connectivity index (χ1n) is 6.62. The quantitative estimate of drug-likeness (QED) is 0.296. The van der Waals surface area contributed by atoms with Crippen molar-refractivity contribution in [1.29, 1.82) is 0 Å². The van der Waals surface area contributed by atoms with Gasteiger partial charge in [0.25, 0.3) is 0 Å². The Kier molecular flexibility index (Phi) is 5.12. The summed E-state index contributed by atoms with van der Waals surface area (Å²) in [6, 6.07) is 11.7. The number of benzene rings is 2. The van der Waals surface area contributed by atoms with E-state index in [0.29, 0.717) is 0 Å². The predicted molar refractivity (Wildman–Crippen MR) is 108 cm³/mol. The summed E-state index contributed by atoms with van der Waals surface area (Å²) in [5.74, 6) is 0. The molecule has 3 rings (SSSR count). The Morgan fingerprint density at radius 1 is 0.955 bits per heavy atom. The number of rotatable bonds is 3. The van der Waals surface area contributed by atoms with Gasteiger partial charge < -0.3 is 4.57 Å². The van der Waals surface area contributed by atoms with E-state index in [0.717, 1.165) is 42.6 Å². The number of aromatic nitrogens is 1. The van der Waals surface area contributed by atoms with E-state index in [9.17, 15) is 4.79 Å². The van der Waals surface area contributed by atoms with Crippen LogP contribution in [0.1, 0.15) is 0 Å². The van der Waals surface area contributed by atoms with Crippen LogP contribution in [0, 0.1) is 0 Å². The molecular weight excluding hydrogens is 542 g/mol. The molecule has 0 N–H and O–H groups in total. The van der Waals surface area contributed by atoms with Crippen molar-refractivity contribution in [2.75, 3.05) is 5.33 Å². The maximum absolute atomic E-state index is 12.8. The minimum absolute atomic E-state index is 0.0637. The SMILES string of the molecule is O=c1c2cc(Br)ccc2n(CC(Br)CBr)c2ccc(Br)cc12. The van der Waals surface area contributed by atoms with E-state index in [1.54, 1.807) is 0 Å². The van der Waals surface area contributed by atoms with Crippen molar-refractivity contribution in [2.45, 2.75) is 11.4 Å². The van der Waals surface area contributed by atoms with Crippen LogP contribution in [0.25, 0.3) is 21.8 Å². The van der Waals surface area contributed by atoms with Crippen molar-refractivity contribution in [3.8, 4) is 0 Å². The molecule has 114 valence electrons. The Morgan fingerprint density at radius 2 is 1.45 bits per heavy atom. The van der Waals surface area contributed by atoms with Gasteiger partial charge in [-0.2, -0.15) is 0 Å². The molecule has 0 spiro atoms. The summed E-state index contributed by atoms with van der Waals surface area (Å²) < 4.78 is 4.02. The number of hydrogen-bond acceptors (Lipinski definition) is 1. The zero-order valence-electron chi connectivity index (χ0n) is 11.3. The number of halogens is 4. The van der Waals surface area contributed by atoms with Crippen LogP contribution in [-0.4, -0.2) is 14.7 Å². The molecule has 1 atom stereocenters. The van der Waals surface area contributed by atoms with Gasteiger partial charge in [0.1, 0.15) is 0 Å². The summed E-state index contributed by atoms with van der Waals surface area (Å²) in [4.78, 5) is 13.1. The fraction of sp³-hybridized carbons (Fsp3) is 0.188. The van der Waals surface area contributed by atoms with Crippen LogP contribution in [0.2, 0.25) is 0 Å². The standard InChI is InChI=1S/C16H11Br4NO/c17-7-11(20)8-21-14-3-1-9(18)5-12(14)16(22)13-6-10(19)2-4-15(13)21/h1-6,11H,7-8H2. The van der Waals surface area contributed by atoms with Crippen LogP contribution >= 0.6 is 63.7 Å². The fourth-order valence-electron chi connectivity index (χ4n) is 2.57. The third-order valence-corrected chi connectivity index (χ3v) is 6.79. The number of alkyl halides is 2. The van der Waals surface area contributed by atoms with Gasteiger partial charge in [-0.05, 0) is 36.4 Å². The molecule has 22 heavy (non-hydrogen) atoms. The second-order valence-electron chi connectivity index (χ2n) is 5.01. The van der Waals surface area contributed by atoms with E-state index in [4.69, 9.17) is 0 Å². The third kappa shape index (κ3) is 3.07. The first-order valence-corrected chi connectivity index (χ1v) is 10.2. The first kappa shape index (κ1) is 16.7. The second kappa shape index (κ2) is 6.75. The van der Waals surface area contributed by atoms with Crippen LogP contribution in [0.4, 0.5) is 0 Å². The number of pyridine rings is 1. The maximum Gasteiger partial charge on any atom is 0.197 e. The Morgan fingerprint density at radius 3 is 1.91 bits per heavy atom. The number of hydrogen-bond donors (Lipinski definition) is 0. The van der Waals surface area contributed by atoms with Crippen molar-refractivity contribution in [3.05, 3.63) is 55.6 Å².